The van der Waals surface area contributed by atoms with Crippen LogP contribution in [0.5, 0.6) is 0 Å². The lowest BCUT2D eigenvalue weighted by Crippen LogP contribution is -2.04. The molecule has 16 nitrogen and oxygen atoms in total. The molecule has 0 saturated heterocycles. The highest BCUT2D eigenvalue weighted by Crippen LogP contribution is 2.55. The molecule has 28 heteroatoms. The molecule has 0 spiro atoms. The van der Waals surface area contributed by atoms with E-state index in [1.165, 1.54) is 24.3 Å². The van der Waals surface area contributed by atoms with Crippen LogP contribution in [0.25, 0.3) is 79.2 Å². The molecule has 72 heavy (non-hydrogen) atoms. The Kier molecular flexibility index (Phi) is 13.6. The first-order valence-corrected chi connectivity index (χ1v) is 28.2. The number of benzene rings is 4. The van der Waals surface area contributed by atoms with E-state index in [1.807, 2.05) is 0 Å². The number of H-pyrrole nitrogens is 2. The molecule has 370 valence electrons. The van der Waals surface area contributed by atoms with E-state index in [9.17, 15) is 51.9 Å². The zero-order valence-corrected chi connectivity index (χ0v) is 44.0. The van der Waals surface area contributed by atoms with Gasteiger partial charge in [-0.1, -0.05) is 92.8 Å². The molecule has 0 atom stereocenters. The van der Waals surface area contributed by atoms with Crippen LogP contribution in [0.15, 0.2) is 98.4 Å². The van der Waals surface area contributed by atoms with E-state index in [0.717, 1.165) is 48.5 Å². The van der Waals surface area contributed by atoms with Crippen LogP contribution in [0.2, 0.25) is 40.2 Å². The van der Waals surface area contributed by atoms with Crippen molar-refractivity contribution in [3.05, 3.63) is 147 Å². The van der Waals surface area contributed by atoms with Gasteiger partial charge < -0.3 is 28.2 Å². The van der Waals surface area contributed by atoms with Gasteiger partial charge in [-0.2, -0.15) is 0 Å². The third-order valence-corrected chi connectivity index (χ3v) is 17.7. The second kappa shape index (κ2) is 18.7. The van der Waals surface area contributed by atoms with Gasteiger partial charge in [-0.25, -0.2) is 43.6 Å². The fraction of sp³-hybridized carbons (Fsp3) is 0. The molecule has 2 aliphatic heterocycles. The van der Waals surface area contributed by atoms with E-state index in [-0.39, 0.29) is 38.1 Å². The van der Waals surface area contributed by atoms with Gasteiger partial charge in [0, 0.05) is 61.1 Å². The Morgan fingerprint density at radius 3 is 1.21 bits per heavy atom. The number of rotatable bonds is 8. The Labute approximate surface area is 447 Å². The number of aromatic nitrogens is 4. The van der Waals surface area contributed by atoms with Gasteiger partial charge in [-0.15, -0.1) is 0 Å². The van der Waals surface area contributed by atoms with Gasteiger partial charge in [0.2, 0.25) is 0 Å². The summed E-state index contributed by atoms with van der Waals surface area (Å²) in [7, 11) is -21.9. The Balaban J connectivity index is 1.70. The van der Waals surface area contributed by atoms with Crippen LogP contribution in [0, 0.1) is 0 Å². The molecular weight excluding hydrogens is 1190 g/mol. The third-order valence-electron chi connectivity index (χ3n) is 10.9. The fourth-order valence-electron chi connectivity index (χ4n) is 8.04. The van der Waals surface area contributed by atoms with Crippen molar-refractivity contribution >= 4 is 179 Å². The average molecular weight is 1210 g/mol. The molecule has 7 aromatic rings. The zero-order valence-electron chi connectivity index (χ0n) is 34.7. The molecule has 8 bridgehead atoms. The molecular formula is C44H18Cl8N4O12S4-4. The summed E-state index contributed by atoms with van der Waals surface area (Å²) in [6.07, 6.45) is 4.44. The van der Waals surface area contributed by atoms with Gasteiger partial charge in [0.15, 0.2) is 0 Å². The van der Waals surface area contributed by atoms with E-state index >= 15 is 0 Å². The van der Waals surface area contributed by atoms with Crippen molar-refractivity contribution in [1.82, 2.24) is 19.9 Å². The third kappa shape index (κ3) is 9.47. The van der Waals surface area contributed by atoms with Crippen LogP contribution in [-0.2, 0) is 40.5 Å². The minimum Gasteiger partial charge on any atom is -0.744 e. The number of nitrogens with zero attached hydrogens (tertiary/aromatic N) is 2. The Morgan fingerprint density at radius 1 is 0.389 bits per heavy atom. The monoisotopic (exact) mass is 1200 g/mol. The molecule has 2 N–H and O–H groups in total. The molecule has 4 aromatic carbocycles. The van der Waals surface area contributed by atoms with E-state index < -0.39 is 135 Å². The van der Waals surface area contributed by atoms with Crippen LogP contribution < -0.4 is 0 Å². The molecule has 0 fully saturated rings. The summed E-state index contributed by atoms with van der Waals surface area (Å²) in [6, 6.07) is 14.9. The van der Waals surface area contributed by atoms with Crippen molar-refractivity contribution < 1.29 is 51.9 Å². The van der Waals surface area contributed by atoms with Crippen molar-refractivity contribution in [2.45, 2.75) is 19.6 Å². The minimum atomic E-state index is -5.53. The van der Waals surface area contributed by atoms with Crippen molar-refractivity contribution in [2.75, 3.05) is 0 Å². The maximum atomic E-state index is 13.0. The quantitative estimate of drug-likeness (QED) is 0.134. The lowest BCUT2D eigenvalue weighted by molar-refractivity contribution is 0.461. The summed E-state index contributed by atoms with van der Waals surface area (Å²) in [5.41, 5.74) is -3.50. The Hall–Kier alpha value is -4.56. The molecule has 0 amide bonds. The average Bonchev–Trinajstić information content (AvgIpc) is 4.06. The lowest BCUT2D eigenvalue weighted by Gasteiger charge is -2.20. The van der Waals surface area contributed by atoms with Gasteiger partial charge in [0.1, 0.15) is 40.5 Å². The number of halogens is 8. The van der Waals surface area contributed by atoms with E-state index in [0.29, 0.717) is 16.7 Å². The van der Waals surface area contributed by atoms with Crippen molar-refractivity contribution in [3.63, 3.8) is 0 Å². The highest BCUT2D eigenvalue weighted by molar-refractivity contribution is 7.86. The van der Waals surface area contributed by atoms with E-state index in [4.69, 9.17) is 97.8 Å². The van der Waals surface area contributed by atoms with E-state index in [2.05, 4.69) is 15.0 Å². The zero-order chi connectivity index (χ0) is 52.3. The Morgan fingerprint density at radius 2 is 0.764 bits per heavy atom. The molecule has 2 aliphatic rings. The number of fused-ring (bicyclic) bond motifs is 8. The smallest absolute Gasteiger partial charge is 0.125 e. The second-order valence-corrected chi connectivity index (χ2v) is 23.9. The van der Waals surface area contributed by atoms with Gasteiger partial charge >= 0.3 is 0 Å². The lowest BCUT2D eigenvalue weighted by atomic mass is 9.90. The largest absolute Gasteiger partial charge is 0.744 e. The highest BCUT2D eigenvalue weighted by atomic mass is 35.5. The molecule has 5 heterocycles. The molecule has 3 aromatic heterocycles. The molecule has 0 aliphatic carbocycles. The SMILES string of the molecule is O=S(=O)([O-])c1ccc(Cl)c(C2=Cc3cc4ccc(cc5nc(cc6[nH]c(c(-c7c(Cl)ccc(S(=O)(=O)[O-])c7Cl)c2n3)c(-c2c(Cl)ccc(S(=O)(=O)[O-])c2Cl)c6-c2c(Cl)ccc(S(=O)(=O)[O-])c2Cl)C=C5)[nH]4)c1Cl. The van der Waals surface area contributed by atoms with Crippen LogP contribution in [0.4, 0.5) is 0 Å². The first-order chi connectivity index (χ1) is 33.5. The van der Waals surface area contributed by atoms with Crippen LogP contribution in [0.3, 0.4) is 0 Å². The van der Waals surface area contributed by atoms with Crippen LogP contribution in [-0.4, -0.2) is 71.8 Å². The number of nitrogens with one attached hydrogen (secondary N) is 2. The predicted octanol–water partition coefficient (Wildman–Crippen LogP) is 11.9. The summed E-state index contributed by atoms with van der Waals surface area (Å²) >= 11 is 55.4. The molecule has 0 radical (unpaired) electrons. The Bertz CT molecular complexity index is 4330. The minimum absolute atomic E-state index is 0.0239. The standard InChI is InChI=1S/C44H22Cl8N4O12S4/c45-23-5-9-28(69(57,58)59)39(49)32(23)22-15-21-14-19-2-1-17(53-19)13-18-3-4-20(54-18)16-27-36(33-24(46)6-10-29(40(33)50)70(60,61)62)37(34-25(47)7-11-30(41(34)51)71(63,64)65)44(56-27)38(43(22)55-21)35-26(48)8-12-31(42(35)52)72(66,67)68/h1-16,53,56H,(H,57,58,59)(H,60,61,62)(H,63,64,65)(H,66,67,68)/p-4. The maximum absolute atomic E-state index is 13.0. The fourth-order valence-corrected chi connectivity index (χ4v) is 13.7. The van der Waals surface area contributed by atoms with Crippen molar-refractivity contribution in [2.24, 2.45) is 0 Å². The molecule has 0 unspecified atom stereocenters. The number of hydrogen-bond acceptors (Lipinski definition) is 14. The molecule has 0 saturated carbocycles. The first kappa shape index (κ1) is 52.3. The maximum Gasteiger partial charge on any atom is 0.125 e. The predicted molar refractivity (Wildman–Crippen MR) is 272 cm³/mol. The highest BCUT2D eigenvalue weighted by Gasteiger charge is 2.34. The van der Waals surface area contributed by atoms with E-state index in [1.54, 1.807) is 24.3 Å². The summed E-state index contributed by atoms with van der Waals surface area (Å²) in [6.45, 7) is 0. The topological polar surface area (TPSA) is 286 Å². The summed E-state index contributed by atoms with van der Waals surface area (Å²) in [4.78, 5) is 11.7. The summed E-state index contributed by atoms with van der Waals surface area (Å²) < 4.78 is 154. The number of aromatic amines is 2. The van der Waals surface area contributed by atoms with Gasteiger partial charge in [0.25, 0.3) is 0 Å². The first-order valence-electron chi connectivity index (χ1n) is 19.5. The second-order valence-electron chi connectivity index (χ2n) is 15.3. The van der Waals surface area contributed by atoms with Gasteiger partial charge in [-0.05, 0) is 97.1 Å². The number of hydrogen-bond donors (Lipinski definition) is 2. The molecule has 9 rings (SSSR count). The van der Waals surface area contributed by atoms with Crippen molar-refractivity contribution in [3.8, 4) is 33.4 Å². The normalized spacial score (nSPS) is 13.2. The summed E-state index contributed by atoms with van der Waals surface area (Å²) in [5, 5.41) is -4.96. The van der Waals surface area contributed by atoms with Crippen molar-refractivity contribution in [1.29, 1.82) is 0 Å². The summed E-state index contributed by atoms with van der Waals surface area (Å²) in [5.74, 6) is 0. The van der Waals surface area contributed by atoms with Crippen LogP contribution in [0.1, 0.15) is 28.3 Å². The van der Waals surface area contributed by atoms with Gasteiger partial charge in [-0.3, -0.25) is 0 Å². The van der Waals surface area contributed by atoms with Crippen LogP contribution >= 0.6 is 92.8 Å². The van der Waals surface area contributed by atoms with Gasteiger partial charge in [0.05, 0.1) is 88.1 Å².